The Bertz CT molecular complexity index is 1410. The molecule has 0 radical (unpaired) electrons. The van der Waals surface area contributed by atoms with Crippen LogP contribution in [0.1, 0.15) is 54.4 Å². The largest absolute Gasteiger partial charge is 0.504 e. The molecule has 212 valence electrons. The second-order valence-corrected chi connectivity index (χ2v) is 12.3. The molecule has 7 rings (SSSR count). The van der Waals surface area contributed by atoms with Crippen molar-refractivity contribution in [2.24, 2.45) is 5.92 Å². The minimum Gasteiger partial charge on any atom is -0.504 e. The van der Waals surface area contributed by atoms with Crippen LogP contribution < -0.4 is 4.74 Å². The van der Waals surface area contributed by atoms with Gasteiger partial charge in [-0.25, -0.2) is 0 Å². The number of amides is 1. The summed E-state index contributed by atoms with van der Waals surface area (Å²) < 4.78 is 46.9. The van der Waals surface area contributed by atoms with E-state index in [1.54, 1.807) is 13.1 Å². The van der Waals surface area contributed by atoms with Crippen molar-refractivity contribution in [3.05, 3.63) is 64.7 Å². The Balaban J connectivity index is 1.23. The zero-order valence-corrected chi connectivity index (χ0v) is 22.3. The Morgan fingerprint density at radius 1 is 1.18 bits per heavy atom. The fourth-order valence-corrected chi connectivity index (χ4v) is 8.19. The highest BCUT2D eigenvalue weighted by Gasteiger charge is 2.73. The molecule has 5 atom stereocenters. The molecule has 3 unspecified atom stereocenters. The molecule has 9 heteroatoms. The maximum Gasteiger partial charge on any atom is 0.416 e. The summed E-state index contributed by atoms with van der Waals surface area (Å²) in [4.78, 5) is 17.4. The van der Waals surface area contributed by atoms with Gasteiger partial charge in [0.25, 0.3) is 0 Å². The molecule has 1 saturated heterocycles. The topological polar surface area (TPSA) is 73.2 Å². The lowest BCUT2D eigenvalue weighted by Crippen LogP contribution is -2.78. The van der Waals surface area contributed by atoms with Gasteiger partial charge in [0.1, 0.15) is 6.10 Å². The summed E-state index contributed by atoms with van der Waals surface area (Å²) in [5.74, 6) is 0.670. The second-order valence-electron chi connectivity index (χ2n) is 12.3. The number of phenolic OH excluding ortho intramolecular Hbond substituents is 1. The molecule has 2 N–H and O–H groups in total. The maximum absolute atomic E-state index is 13.5. The summed E-state index contributed by atoms with van der Waals surface area (Å²) in [6.45, 7) is 1.78. The van der Waals surface area contributed by atoms with Crippen molar-refractivity contribution in [2.75, 3.05) is 20.1 Å². The van der Waals surface area contributed by atoms with Gasteiger partial charge in [-0.05, 0) is 80.3 Å². The van der Waals surface area contributed by atoms with Gasteiger partial charge in [-0.3, -0.25) is 9.69 Å². The van der Waals surface area contributed by atoms with Crippen LogP contribution in [0, 0.1) is 5.92 Å². The van der Waals surface area contributed by atoms with Crippen LogP contribution in [0.25, 0.3) is 6.08 Å². The van der Waals surface area contributed by atoms with Gasteiger partial charge in [-0.2, -0.15) is 13.2 Å². The van der Waals surface area contributed by atoms with E-state index in [0.29, 0.717) is 37.4 Å². The third-order valence-electron chi connectivity index (χ3n) is 10.2. The van der Waals surface area contributed by atoms with Gasteiger partial charge in [-0.15, -0.1) is 0 Å². The first kappa shape index (κ1) is 25.9. The highest BCUT2D eigenvalue weighted by molar-refractivity contribution is 5.92. The molecule has 2 bridgehead atoms. The number of alkyl halides is 3. The number of rotatable bonds is 5. The van der Waals surface area contributed by atoms with Gasteiger partial charge >= 0.3 is 6.18 Å². The Hall–Kier alpha value is -3.04. The van der Waals surface area contributed by atoms with E-state index in [1.807, 2.05) is 6.07 Å². The third-order valence-corrected chi connectivity index (χ3v) is 10.2. The molecular weight excluding hydrogens is 521 g/mol. The number of nitrogens with zero attached hydrogens (tertiary/aromatic N) is 2. The summed E-state index contributed by atoms with van der Waals surface area (Å²) in [6, 6.07) is 8.25. The second kappa shape index (κ2) is 8.73. The molecule has 2 aliphatic heterocycles. The van der Waals surface area contributed by atoms with Gasteiger partial charge in [0.15, 0.2) is 11.5 Å². The number of ether oxygens (including phenoxy) is 1. The highest BCUT2D eigenvalue weighted by atomic mass is 19.4. The lowest BCUT2D eigenvalue weighted by Gasteiger charge is -2.64. The fraction of sp³-hybridized carbons (Fsp3) is 0.516. The number of aromatic hydroxyl groups is 1. The van der Waals surface area contributed by atoms with Crippen LogP contribution in [0.15, 0.2) is 42.5 Å². The monoisotopic (exact) mass is 554 g/mol. The zero-order valence-electron chi connectivity index (χ0n) is 22.3. The van der Waals surface area contributed by atoms with Crippen molar-refractivity contribution in [1.82, 2.24) is 9.80 Å². The predicted octanol–water partition coefficient (Wildman–Crippen LogP) is 4.52. The predicted molar refractivity (Wildman–Crippen MR) is 142 cm³/mol. The van der Waals surface area contributed by atoms with Crippen molar-refractivity contribution in [3.8, 4) is 11.5 Å². The first-order valence-electron chi connectivity index (χ1n) is 14.1. The number of likely N-dealkylation sites (N-methyl/N-ethyl adjacent to an activating group) is 1. The molecule has 1 spiro atoms. The highest BCUT2D eigenvalue weighted by Crippen LogP contribution is 2.66. The van der Waals surface area contributed by atoms with Crippen molar-refractivity contribution >= 4 is 12.0 Å². The van der Waals surface area contributed by atoms with E-state index < -0.39 is 40.8 Å². The van der Waals surface area contributed by atoms with Crippen LogP contribution in [0.3, 0.4) is 0 Å². The van der Waals surface area contributed by atoms with Crippen molar-refractivity contribution in [1.29, 1.82) is 0 Å². The summed E-state index contributed by atoms with van der Waals surface area (Å²) >= 11 is 0. The summed E-state index contributed by atoms with van der Waals surface area (Å²) in [6.07, 6.45) is 2.01. The molecule has 3 fully saturated rings. The number of benzene rings is 2. The molecule has 2 heterocycles. The molecule has 6 nitrogen and oxygen atoms in total. The molecular formula is C31H33F3N2O4. The van der Waals surface area contributed by atoms with Crippen molar-refractivity contribution in [2.45, 2.75) is 73.9 Å². The average molecular weight is 555 g/mol. The number of carbonyl (C=O) groups excluding carboxylic acids is 1. The number of hydrogen-bond acceptors (Lipinski definition) is 5. The van der Waals surface area contributed by atoms with E-state index in [0.717, 1.165) is 30.3 Å². The number of piperidine rings is 1. The van der Waals surface area contributed by atoms with Crippen LogP contribution in [0.5, 0.6) is 11.5 Å². The van der Waals surface area contributed by atoms with Crippen LogP contribution in [-0.2, 0) is 22.8 Å². The standard InChI is InChI=1S/C31H33F3N2O4/c1-35(25(38)11-9-19-4-2-3-5-21(19)31(32,33)34)22-12-13-30(39)24-16-20-8-10-23(37)27-26(20)29(30,28(22)40-27)14-15-36(24)17-18-6-7-18/h2-5,8-11,18,22,24,28,37,39H,6-7,12-17H2,1H3/b11-9+/t22?,24-,28?,29-,30?/m0/s1. The fourth-order valence-electron chi connectivity index (χ4n) is 8.19. The first-order chi connectivity index (χ1) is 19.0. The zero-order chi connectivity index (χ0) is 28.0. The van der Waals surface area contributed by atoms with Crippen LogP contribution >= 0.6 is 0 Å². The summed E-state index contributed by atoms with van der Waals surface area (Å²) in [7, 11) is 1.64. The molecule has 40 heavy (non-hydrogen) atoms. The van der Waals surface area contributed by atoms with E-state index in [4.69, 9.17) is 4.74 Å². The molecule has 2 aromatic rings. The number of phenols is 1. The maximum atomic E-state index is 13.5. The molecule has 2 saturated carbocycles. The minimum absolute atomic E-state index is 0.0279. The van der Waals surface area contributed by atoms with E-state index in [1.165, 1.54) is 48.1 Å². The van der Waals surface area contributed by atoms with Gasteiger partial charge in [0, 0.05) is 31.3 Å². The number of aliphatic hydroxyl groups is 1. The molecule has 3 aliphatic carbocycles. The van der Waals surface area contributed by atoms with E-state index in [2.05, 4.69) is 4.90 Å². The Labute approximate surface area is 231 Å². The Kier molecular flexibility index (Phi) is 5.65. The van der Waals surface area contributed by atoms with Gasteiger partial charge < -0.3 is 19.8 Å². The van der Waals surface area contributed by atoms with Crippen LogP contribution in [0.2, 0.25) is 0 Å². The lowest BCUT2D eigenvalue weighted by atomic mass is 9.48. The Morgan fingerprint density at radius 3 is 2.70 bits per heavy atom. The number of likely N-dealkylation sites (tertiary alicyclic amines) is 1. The van der Waals surface area contributed by atoms with Gasteiger partial charge in [0.2, 0.25) is 5.91 Å². The average Bonchev–Trinajstić information content (AvgIpc) is 3.66. The van der Waals surface area contributed by atoms with Gasteiger partial charge in [0.05, 0.1) is 22.6 Å². The quantitative estimate of drug-likeness (QED) is 0.532. The molecule has 0 aromatic heterocycles. The van der Waals surface area contributed by atoms with E-state index in [9.17, 15) is 28.2 Å². The Morgan fingerprint density at radius 2 is 1.95 bits per heavy atom. The van der Waals surface area contributed by atoms with Gasteiger partial charge in [-0.1, -0.05) is 24.3 Å². The number of halogens is 3. The normalized spacial score (nSPS) is 32.6. The smallest absolute Gasteiger partial charge is 0.416 e. The SMILES string of the molecule is CN(C(=O)/C=C/c1ccccc1C(F)(F)F)C1CCC2(O)[C@@H]3Cc4ccc(O)c5c4[C@@]2(CCN3CC2CC2)C1O5. The first-order valence-corrected chi connectivity index (χ1v) is 14.1. The van der Waals surface area contributed by atoms with Crippen LogP contribution in [-0.4, -0.2) is 69.8 Å². The van der Waals surface area contributed by atoms with Crippen molar-refractivity contribution in [3.63, 3.8) is 0 Å². The minimum atomic E-state index is -4.53. The third kappa shape index (κ3) is 3.59. The molecule has 5 aliphatic rings. The van der Waals surface area contributed by atoms with Crippen LogP contribution in [0.4, 0.5) is 13.2 Å². The van der Waals surface area contributed by atoms with E-state index in [-0.39, 0.29) is 17.4 Å². The molecule has 1 amide bonds. The number of carbonyl (C=O) groups is 1. The molecule has 2 aromatic carbocycles. The summed E-state index contributed by atoms with van der Waals surface area (Å²) in [5.41, 5.74) is -0.772. The summed E-state index contributed by atoms with van der Waals surface area (Å²) in [5, 5.41) is 23.4. The van der Waals surface area contributed by atoms with E-state index >= 15 is 0 Å². The number of hydrogen-bond donors (Lipinski definition) is 2. The lowest BCUT2D eigenvalue weighted by molar-refractivity contribution is -0.200. The van der Waals surface area contributed by atoms with Crippen molar-refractivity contribution < 1.29 is 32.9 Å².